The average molecular weight is 392 g/mol. The third-order valence-electron chi connectivity index (χ3n) is 2.23. The van der Waals surface area contributed by atoms with Crippen LogP contribution in [0.1, 0.15) is 6.92 Å². The molecule has 0 spiro atoms. The zero-order valence-electron chi connectivity index (χ0n) is 10.3. The number of aliphatic carboxylic acids is 1. The van der Waals surface area contributed by atoms with Gasteiger partial charge in [0.15, 0.2) is 11.0 Å². The largest absolute Gasteiger partial charge is 0.573 e. The van der Waals surface area contributed by atoms with Gasteiger partial charge < -0.3 is 9.84 Å². The van der Waals surface area contributed by atoms with Crippen molar-refractivity contribution in [2.45, 2.75) is 18.5 Å². The zero-order valence-corrected chi connectivity index (χ0v) is 12.7. The Morgan fingerprint density at radius 2 is 2.00 bits per heavy atom. The van der Waals surface area contributed by atoms with E-state index in [9.17, 15) is 26.4 Å². The summed E-state index contributed by atoms with van der Waals surface area (Å²) in [5.74, 6) is -2.45. The summed E-state index contributed by atoms with van der Waals surface area (Å²) in [6.45, 7) is 0.883. The SMILES string of the molecule is CC(C(=O)O)S(=O)(=O)Nc1ccc(Br)cc1OC(F)(F)F. The van der Waals surface area contributed by atoms with Crippen LogP contribution in [0, 0.1) is 0 Å². The minimum atomic E-state index is -5.03. The first-order chi connectivity index (χ1) is 9.42. The fraction of sp³-hybridized carbons (Fsp3) is 0.300. The van der Waals surface area contributed by atoms with Crippen molar-refractivity contribution in [2.24, 2.45) is 0 Å². The van der Waals surface area contributed by atoms with Crippen LogP contribution in [0.2, 0.25) is 0 Å². The number of alkyl halides is 3. The van der Waals surface area contributed by atoms with Gasteiger partial charge in [-0.25, -0.2) is 8.42 Å². The molecule has 1 aromatic carbocycles. The van der Waals surface area contributed by atoms with Crippen molar-refractivity contribution in [1.82, 2.24) is 0 Å². The lowest BCUT2D eigenvalue weighted by molar-refractivity contribution is -0.274. The smallest absolute Gasteiger partial charge is 0.480 e. The molecule has 0 fully saturated rings. The molecule has 0 amide bonds. The molecule has 1 atom stereocenters. The van der Waals surface area contributed by atoms with Crippen molar-refractivity contribution >= 4 is 37.6 Å². The Balaban J connectivity index is 3.17. The van der Waals surface area contributed by atoms with Crippen LogP contribution >= 0.6 is 15.9 Å². The lowest BCUT2D eigenvalue weighted by atomic mass is 10.3. The first-order valence-corrected chi connectivity index (χ1v) is 7.56. The van der Waals surface area contributed by atoms with E-state index in [1.807, 2.05) is 0 Å². The first kappa shape index (κ1) is 17.6. The maximum Gasteiger partial charge on any atom is 0.573 e. The lowest BCUT2D eigenvalue weighted by Crippen LogP contribution is -2.32. The number of nitrogens with one attached hydrogen (secondary N) is 1. The molecule has 1 unspecified atom stereocenters. The van der Waals surface area contributed by atoms with E-state index in [1.54, 1.807) is 4.72 Å². The molecular formula is C10H9BrF3NO5S. The second-order valence-corrected chi connectivity index (χ2v) is 6.73. The van der Waals surface area contributed by atoms with Gasteiger partial charge in [-0.3, -0.25) is 9.52 Å². The first-order valence-electron chi connectivity index (χ1n) is 5.22. The minimum absolute atomic E-state index is 0.219. The highest BCUT2D eigenvalue weighted by atomic mass is 79.9. The van der Waals surface area contributed by atoms with Crippen LogP contribution in [0.25, 0.3) is 0 Å². The summed E-state index contributed by atoms with van der Waals surface area (Å²) < 4.78 is 65.9. The maximum atomic E-state index is 12.3. The van der Waals surface area contributed by atoms with Crippen molar-refractivity contribution < 1.29 is 36.2 Å². The van der Waals surface area contributed by atoms with Crippen LogP contribution in [0.4, 0.5) is 18.9 Å². The normalized spacial score (nSPS) is 13.6. The number of carbonyl (C=O) groups is 1. The average Bonchev–Trinajstić information content (AvgIpc) is 2.29. The van der Waals surface area contributed by atoms with Crippen LogP contribution in [0.15, 0.2) is 22.7 Å². The van der Waals surface area contributed by atoms with E-state index in [1.165, 1.54) is 6.07 Å². The standard InChI is InChI=1S/C10H9BrF3NO5S/c1-5(9(16)17)21(18,19)15-7-3-2-6(11)4-8(7)20-10(12,13)14/h2-5,15H,1H3,(H,16,17). The molecule has 0 aliphatic heterocycles. The van der Waals surface area contributed by atoms with E-state index < -0.39 is 39.0 Å². The maximum absolute atomic E-state index is 12.3. The van der Waals surface area contributed by atoms with Crippen LogP contribution in [0.3, 0.4) is 0 Å². The van der Waals surface area contributed by atoms with E-state index in [-0.39, 0.29) is 4.47 Å². The van der Waals surface area contributed by atoms with Crippen molar-refractivity contribution in [3.05, 3.63) is 22.7 Å². The molecule has 0 saturated heterocycles. The van der Waals surface area contributed by atoms with Gasteiger partial charge in [0.25, 0.3) is 0 Å². The number of hydrogen-bond acceptors (Lipinski definition) is 4. The quantitative estimate of drug-likeness (QED) is 0.804. The molecule has 2 N–H and O–H groups in total. The van der Waals surface area contributed by atoms with Gasteiger partial charge >= 0.3 is 12.3 Å². The summed E-state index contributed by atoms with van der Waals surface area (Å²) >= 11 is 2.92. The number of rotatable bonds is 5. The number of benzene rings is 1. The van der Waals surface area contributed by atoms with E-state index in [0.29, 0.717) is 0 Å². The van der Waals surface area contributed by atoms with Crippen molar-refractivity contribution in [3.63, 3.8) is 0 Å². The van der Waals surface area contributed by atoms with Gasteiger partial charge in [-0.05, 0) is 25.1 Å². The van der Waals surface area contributed by atoms with Crippen molar-refractivity contribution in [3.8, 4) is 5.75 Å². The second kappa shape index (κ2) is 6.10. The molecule has 11 heteroatoms. The summed E-state index contributed by atoms with van der Waals surface area (Å²) in [5, 5.41) is 6.81. The summed E-state index contributed by atoms with van der Waals surface area (Å²) in [7, 11) is -4.42. The van der Waals surface area contributed by atoms with Crippen LogP contribution in [0.5, 0.6) is 5.75 Å². The van der Waals surface area contributed by atoms with Crippen LogP contribution in [-0.2, 0) is 14.8 Å². The highest BCUT2D eigenvalue weighted by Gasteiger charge is 2.34. The molecule has 0 aliphatic rings. The van der Waals surface area contributed by atoms with Crippen molar-refractivity contribution in [2.75, 3.05) is 4.72 Å². The molecule has 0 heterocycles. The van der Waals surface area contributed by atoms with Gasteiger partial charge in [0.2, 0.25) is 10.0 Å². The highest BCUT2D eigenvalue weighted by molar-refractivity contribution is 9.10. The van der Waals surface area contributed by atoms with Gasteiger partial charge in [-0.1, -0.05) is 15.9 Å². The summed E-state index contributed by atoms with van der Waals surface area (Å²) in [6, 6.07) is 3.18. The van der Waals surface area contributed by atoms with E-state index >= 15 is 0 Å². The van der Waals surface area contributed by atoms with Crippen molar-refractivity contribution in [1.29, 1.82) is 0 Å². The van der Waals surface area contributed by atoms with Gasteiger partial charge in [0.05, 0.1) is 5.69 Å². The molecule has 0 bridgehead atoms. The molecule has 1 rings (SSSR count). The minimum Gasteiger partial charge on any atom is -0.480 e. The number of halogens is 4. The summed E-state index contributed by atoms with van der Waals surface area (Å²) in [5.41, 5.74) is -0.524. The van der Waals surface area contributed by atoms with E-state index in [2.05, 4.69) is 20.7 Å². The Morgan fingerprint density at radius 3 is 2.48 bits per heavy atom. The fourth-order valence-electron chi connectivity index (χ4n) is 1.16. The Morgan fingerprint density at radius 1 is 1.43 bits per heavy atom. The number of anilines is 1. The molecule has 0 aromatic heterocycles. The summed E-state index contributed by atoms with van der Waals surface area (Å²) in [4.78, 5) is 10.7. The number of sulfonamides is 1. The highest BCUT2D eigenvalue weighted by Crippen LogP contribution is 2.33. The Hall–Kier alpha value is -1.49. The Bertz CT molecular complexity index is 647. The predicted octanol–water partition coefficient (Wildman–Crippen LogP) is 2.56. The summed E-state index contributed by atoms with van der Waals surface area (Å²) in [6.07, 6.45) is -5.03. The van der Waals surface area contributed by atoms with Gasteiger partial charge in [0, 0.05) is 4.47 Å². The predicted molar refractivity (Wildman–Crippen MR) is 70.5 cm³/mol. The fourth-order valence-corrected chi connectivity index (χ4v) is 2.42. The second-order valence-electron chi connectivity index (χ2n) is 3.82. The Kier molecular flexibility index (Phi) is 5.10. The third-order valence-corrected chi connectivity index (χ3v) is 4.36. The molecule has 0 aliphatic carbocycles. The van der Waals surface area contributed by atoms with E-state index in [0.717, 1.165) is 19.1 Å². The number of hydrogen-bond donors (Lipinski definition) is 2. The molecular weight excluding hydrogens is 383 g/mol. The molecule has 0 radical (unpaired) electrons. The lowest BCUT2D eigenvalue weighted by Gasteiger charge is -2.16. The van der Waals surface area contributed by atoms with Gasteiger partial charge in [-0.15, -0.1) is 13.2 Å². The molecule has 118 valence electrons. The number of carboxylic acid groups (broad SMARTS) is 1. The van der Waals surface area contributed by atoms with Gasteiger partial charge in [0.1, 0.15) is 0 Å². The Labute approximate surface area is 126 Å². The molecule has 0 saturated carbocycles. The van der Waals surface area contributed by atoms with Gasteiger partial charge in [-0.2, -0.15) is 0 Å². The van der Waals surface area contributed by atoms with Crippen LogP contribution < -0.4 is 9.46 Å². The number of carboxylic acids is 1. The molecule has 21 heavy (non-hydrogen) atoms. The number of ether oxygens (including phenoxy) is 1. The third kappa shape index (κ3) is 5.08. The molecule has 6 nitrogen and oxygen atoms in total. The van der Waals surface area contributed by atoms with E-state index in [4.69, 9.17) is 5.11 Å². The van der Waals surface area contributed by atoms with Crippen LogP contribution in [-0.4, -0.2) is 31.1 Å². The molecule has 1 aromatic rings. The zero-order chi connectivity index (χ0) is 16.4. The topological polar surface area (TPSA) is 92.7 Å². The monoisotopic (exact) mass is 391 g/mol.